The molecule has 0 aromatic carbocycles. The second-order valence-corrected chi connectivity index (χ2v) is 7.57. The Labute approximate surface area is 164 Å². The molecule has 0 rings (SSSR count). The van der Waals surface area contributed by atoms with Gasteiger partial charge in [0.2, 0.25) is 0 Å². The van der Waals surface area contributed by atoms with Crippen molar-refractivity contribution in [2.75, 3.05) is 6.61 Å². The molecule has 2 heteroatoms. The van der Waals surface area contributed by atoms with Crippen LogP contribution < -0.4 is 0 Å². The smallest absolute Gasteiger partial charge is 0.306 e. The molecule has 0 aliphatic carbocycles. The Kier molecular flexibility index (Phi) is 21.6. The lowest BCUT2D eigenvalue weighted by Gasteiger charge is -2.03. The minimum Gasteiger partial charge on any atom is -0.466 e. The molecule has 0 unspecified atom stereocenters. The molecule has 0 aromatic rings. The fourth-order valence-electron chi connectivity index (χ4n) is 3.24. The van der Waals surface area contributed by atoms with Gasteiger partial charge in [0.25, 0.3) is 0 Å². The van der Waals surface area contributed by atoms with Crippen LogP contribution in [0.1, 0.15) is 122 Å². The first-order valence-electron chi connectivity index (χ1n) is 11.4. The third-order valence-electron chi connectivity index (χ3n) is 4.92. The van der Waals surface area contributed by atoms with Crippen molar-refractivity contribution in [1.29, 1.82) is 0 Å². The Balaban J connectivity index is 3.06. The standard InChI is InChI=1S/C24H45O2/c1-3-4-5-6-7-8-9-10-11-12-13-14-15-16-17-18-19-20-21-22-23-26-24(2)25/h10-11H,2-9,12-23H2,1H3/b11-10-. The van der Waals surface area contributed by atoms with Gasteiger partial charge in [0.1, 0.15) is 0 Å². The van der Waals surface area contributed by atoms with Crippen LogP contribution in [0.4, 0.5) is 0 Å². The van der Waals surface area contributed by atoms with E-state index in [0.29, 0.717) is 6.61 Å². The van der Waals surface area contributed by atoms with Crippen molar-refractivity contribution in [2.45, 2.75) is 122 Å². The van der Waals surface area contributed by atoms with E-state index in [-0.39, 0.29) is 0 Å². The van der Waals surface area contributed by atoms with Crippen LogP contribution in [-0.4, -0.2) is 12.6 Å². The van der Waals surface area contributed by atoms with E-state index in [1.165, 1.54) is 109 Å². The van der Waals surface area contributed by atoms with E-state index in [1.807, 2.05) is 0 Å². The number of hydrogen-bond donors (Lipinski definition) is 0. The Morgan fingerprint density at radius 1 is 0.654 bits per heavy atom. The van der Waals surface area contributed by atoms with E-state index in [4.69, 9.17) is 4.74 Å². The van der Waals surface area contributed by atoms with Crippen LogP contribution in [0.3, 0.4) is 0 Å². The summed E-state index contributed by atoms with van der Waals surface area (Å²) >= 11 is 0. The normalized spacial score (nSPS) is 11.3. The van der Waals surface area contributed by atoms with Gasteiger partial charge in [-0.05, 0) is 32.1 Å². The topological polar surface area (TPSA) is 26.3 Å². The van der Waals surface area contributed by atoms with Crippen molar-refractivity contribution in [3.05, 3.63) is 19.1 Å². The molecule has 0 N–H and O–H groups in total. The molecule has 0 fully saturated rings. The fraction of sp³-hybridized carbons (Fsp3) is 0.833. The van der Waals surface area contributed by atoms with Crippen molar-refractivity contribution in [3.63, 3.8) is 0 Å². The number of rotatable bonds is 20. The number of unbranched alkanes of at least 4 members (excludes halogenated alkanes) is 16. The van der Waals surface area contributed by atoms with Gasteiger partial charge in [0.05, 0.1) is 13.5 Å². The first-order valence-corrected chi connectivity index (χ1v) is 11.4. The molecular weight excluding hydrogens is 320 g/mol. The largest absolute Gasteiger partial charge is 0.466 e. The Hall–Kier alpha value is -0.790. The molecule has 0 saturated carbocycles. The molecule has 0 atom stereocenters. The second-order valence-electron chi connectivity index (χ2n) is 7.57. The third kappa shape index (κ3) is 23.2. The van der Waals surface area contributed by atoms with Crippen molar-refractivity contribution >= 4 is 5.97 Å². The van der Waals surface area contributed by atoms with Gasteiger partial charge >= 0.3 is 5.97 Å². The van der Waals surface area contributed by atoms with Crippen molar-refractivity contribution < 1.29 is 9.53 Å². The lowest BCUT2D eigenvalue weighted by molar-refractivity contribution is -0.138. The van der Waals surface area contributed by atoms with Crippen LogP contribution in [0.25, 0.3) is 0 Å². The van der Waals surface area contributed by atoms with Gasteiger partial charge in [0.15, 0.2) is 0 Å². The number of allylic oxidation sites excluding steroid dienone is 2. The van der Waals surface area contributed by atoms with E-state index in [0.717, 1.165) is 6.42 Å². The van der Waals surface area contributed by atoms with Crippen LogP contribution in [0.15, 0.2) is 12.2 Å². The first-order chi connectivity index (χ1) is 12.8. The predicted octanol–water partition coefficient (Wildman–Crippen LogP) is 7.96. The summed E-state index contributed by atoms with van der Waals surface area (Å²) in [5.74, 6) is -0.404. The van der Waals surface area contributed by atoms with Crippen LogP contribution in [0.5, 0.6) is 0 Å². The zero-order valence-corrected chi connectivity index (χ0v) is 17.6. The molecule has 0 heterocycles. The molecule has 0 bridgehead atoms. The molecule has 2 nitrogen and oxygen atoms in total. The monoisotopic (exact) mass is 365 g/mol. The quantitative estimate of drug-likeness (QED) is 0.124. The maximum absolute atomic E-state index is 10.5. The fourth-order valence-corrected chi connectivity index (χ4v) is 3.24. The number of ether oxygens (including phenoxy) is 1. The summed E-state index contributed by atoms with van der Waals surface area (Å²) in [5, 5.41) is 0. The summed E-state index contributed by atoms with van der Waals surface area (Å²) in [5.41, 5.74) is 0. The molecule has 0 aliphatic heterocycles. The highest BCUT2D eigenvalue weighted by molar-refractivity contribution is 5.73. The number of hydrogen-bond acceptors (Lipinski definition) is 2. The SMILES string of the molecule is [CH2]C(=O)OCCCCCCCCCCCC/C=C\CCCCCCCC. The predicted molar refractivity (Wildman–Crippen MR) is 114 cm³/mol. The Morgan fingerprint density at radius 2 is 1.04 bits per heavy atom. The summed E-state index contributed by atoms with van der Waals surface area (Å²) in [4.78, 5) is 10.5. The maximum atomic E-state index is 10.5. The second kappa shape index (κ2) is 22.3. The minimum atomic E-state index is -0.404. The Bertz CT molecular complexity index is 309. The molecule has 1 radical (unpaired) electrons. The molecular formula is C24H45O2. The summed E-state index contributed by atoms with van der Waals surface area (Å²) in [6.07, 6.45) is 28.7. The highest BCUT2D eigenvalue weighted by atomic mass is 16.5. The number of carbonyl (C=O) groups is 1. The molecule has 0 saturated heterocycles. The van der Waals surface area contributed by atoms with Crippen LogP contribution in [-0.2, 0) is 9.53 Å². The molecule has 0 amide bonds. The summed E-state index contributed by atoms with van der Waals surface area (Å²) in [6.45, 7) is 6.01. The van der Waals surface area contributed by atoms with Crippen LogP contribution in [0.2, 0.25) is 0 Å². The molecule has 153 valence electrons. The molecule has 0 aliphatic rings. The number of carbonyl (C=O) groups excluding carboxylic acids is 1. The summed E-state index contributed by atoms with van der Waals surface area (Å²) in [7, 11) is 0. The van der Waals surface area contributed by atoms with E-state index in [9.17, 15) is 4.79 Å². The molecule has 0 spiro atoms. The lowest BCUT2D eigenvalue weighted by Crippen LogP contribution is -2.00. The van der Waals surface area contributed by atoms with Gasteiger partial charge < -0.3 is 4.74 Å². The minimum absolute atomic E-state index is 0.404. The Morgan fingerprint density at radius 3 is 1.46 bits per heavy atom. The van der Waals surface area contributed by atoms with Crippen LogP contribution >= 0.6 is 0 Å². The van der Waals surface area contributed by atoms with Crippen molar-refractivity contribution in [2.24, 2.45) is 0 Å². The molecule has 0 aromatic heterocycles. The maximum Gasteiger partial charge on any atom is 0.306 e. The number of esters is 1. The van der Waals surface area contributed by atoms with Gasteiger partial charge in [-0.25, -0.2) is 0 Å². The van der Waals surface area contributed by atoms with Gasteiger partial charge in [-0.3, -0.25) is 4.79 Å². The van der Waals surface area contributed by atoms with E-state index < -0.39 is 5.97 Å². The van der Waals surface area contributed by atoms with Crippen molar-refractivity contribution in [3.8, 4) is 0 Å². The average Bonchev–Trinajstić information content (AvgIpc) is 2.62. The zero-order valence-electron chi connectivity index (χ0n) is 17.6. The van der Waals surface area contributed by atoms with E-state index in [2.05, 4.69) is 26.0 Å². The molecule has 26 heavy (non-hydrogen) atoms. The van der Waals surface area contributed by atoms with Gasteiger partial charge in [0, 0.05) is 0 Å². The van der Waals surface area contributed by atoms with Gasteiger partial charge in [-0.1, -0.05) is 103 Å². The van der Waals surface area contributed by atoms with Crippen LogP contribution in [0, 0.1) is 6.92 Å². The average molecular weight is 366 g/mol. The third-order valence-corrected chi connectivity index (χ3v) is 4.92. The summed E-state index contributed by atoms with van der Waals surface area (Å²) < 4.78 is 4.82. The summed E-state index contributed by atoms with van der Waals surface area (Å²) in [6, 6.07) is 0. The first kappa shape index (κ1) is 25.2. The highest BCUT2D eigenvalue weighted by Gasteiger charge is 1.95. The van der Waals surface area contributed by atoms with Gasteiger partial charge in [-0.15, -0.1) is 0 Å². The van der Waals surface area contributed by atoms with E-state index >= 15 is 0 Å². The van der Waals surface area contributed by atoms with Gasteiger partial charge in [-0.2, -0.15) is 0 Å². The highest BCUT2D eigenvalue weighted by Crippen LogP contribution is 2.12. The zero-order chi connectivity index (χ0) is 19.1. The lowest BCUT2D eigenvalue weighted by atomic mass is 10.1. The van der Waals surface area contributed by atoms with Crippen molar-refractivity contribution in [1.82, 2.24) is 0 Å². The van der Waals surface area contributed by atoms with E-state index in [1.54, 1.807) is 0 Å².